The third-order valence-electron chi connectivity index (χ3n) is 2.01. The highest BCUT2D eigenvalue weighted by Crippen LogP contribution is 2.33. The first-order valence-corrected chi connectivity index (χ1v) is 4.34. The maximum Gasteiger partial charge on any atom is -0.0195 e. The predicted octanol–water partition coefficient (Wildman–Crippen LogP) is 2.57. The molecule has 0 saturated heterocycles. The lowest BCUT2D eigenvalue weighted by Crippen LogP contribution is -2.16. The molecule has 1 nitrogen and oxygen atoms in total. The van der Waals surface area contributed by atoms with Crippen LogP contribution in [0, 0.1) is 11.3 Å². The minimum atomic E-state index is 0.564. The van der Waals surface area contributed by atoms with Gasteiger partial charge in [0.25, 0.3) is 0 Å². The summed E-state index contributed by atoms with van der Waals surface area (Å²) in [6.45, 7) is 6.97. The maximum absolute atomic E-state index is 4.50. The van der Waals surface area contributed by atoms with Crippen LogP contribution < -0.4 is 5.73 Å². The first-order valence-electron chi connectivity index (χ1n) is 4.34. The normalized spacial score (nSPS) is 27.2. The fourth-order valence-electron chi connectivity index (χ4n) is 1.64. The molecule has 0 saturated carbocycles. The predicted molar refractivity (Wildman–Crippen MR) is 51.4 cm³/mol. The Morgan fingerprint density at radius 1 is 1.36 bits per heavy atom. The summed E-state index contributed by atoms with van der Waals surface area (Å²) in [6.07, 6.45) is 7.25. The summed E-state index contributed by atoms with van der Waals surface area (Å²) in [5.41, 5.74) is 5.06. The van der Waals surface area contributed by atoms with Gasteiger partial charge in [0.1, 0.15) is 0 Å². The Balaban J connectivity index is 0.000000461. The first-order chi connectivity index (χ1) is 5.10. The number of hydrogen-bond donors (Lipinski definition) is 1. The number of allylic oxidation sites excluding steroid dienone is 2. The highest BCUT2D eigenvalue weighted by atomic mass is 14.4. The van der Waals surface area contributed by atoms with Crippen LogP contribution in [0.2, 0.25) is 0 Å². The monoisotopic (exact) mass is 155 g/mol. The lowest BCUT2D eigenvalue weighted by Gasteiger charge is -2.29. The average Bonchev–Trinajstić information content (AvgIpc) is 1.89. The molecular weight excluding hydrogens is 134 g/mol. The number of nitrogens with two attached hydrogens (primary N) is 1. The molecule has 0 aromatic carbocycles. The molecule has 0 aliphatic heterocycles. The smallest absolute Gasteiger partial charge is 0.0195 e. The van der Waals surface area contributed by atoms with Crippen LogP contribution in [0.1, 0.15) is 33.6 Å². The third kappa shape index (κ3) is 4.20. The van der Waals surface area contributed by atoms with Gasteiger partial charge >= 0.3 is 0 Å². The fraction of sp³-hybridized carbons (Fsp3) is 0.800. The molecule has 2 N–H and O–H groups in total. The molecule has 1 atom stereocenters. The molecule has 0 fully saturated rings. The maximum atomic E-state index is 4.50. The number of rotatable bonds is 0. The van der Waals surface area contributed by atoms with Gasteiger partial charge in [-0.25, -0.2) is 0 Å². The second kappa shape index (κ2) is 4.55. The summed E-state index contributed by atoms with van der Waals surface area (Å²) in [6, 6.07) is 0. The van der Waals surface area contributed by atoms with Gasteiger partial charge < -0.3 is 5.73 Å². The zero-order valence-corrected chi connectivity index (χ0v) is 8.22. The van der Waals surface area contributed by atoms with Crippen molar-refractivity contribution >= 4 is 0 Å². The zero-order chi connectivity index (χ0) is 8.91. The van der Waals surface area contributed by atoms with Crippen LogP contribution in [-0.4, -0.2) is 7.05 Å². The van der Waals surface area contributed by atoms with E-state index in [1.807, 2.05) is 0 Å². The molecule has 1 aliphatic rings. The molecule has 66 valence electrons. The van der Waals surface area contributed by atoms with Crippen molar-refractivity contribution in [2.24, 2.45) is 17.1 Å². The summed E-state index contributed by atoms with van der Waals surface area (Å²) < 4.78 is 0. The van der Waals surface area contributed by atoms with Crippen LogP contribution in [0.5, 0.6) is 0 Å². The summed E-state index contributed by atoms with van der Waals surface area (Å²) in [5, 5.41) is 0. The average molecular weight is 155 g/mol. The Morgan fingerprint density at radius 3 is 2.18 bits per heavy atom. The van der Waals surface area contributed by atoms with Gasteiger partial charge in [-0.3, -0.25) is 0 Å². The van der Waals surface area contributed by atoms with Gasteiger partial charge in [-0.15, -0.1) is 0 Å². The molecule has 1 heteroatoms. The van der Waals surface area contributed by atoms with Gasteiger partial charge in [-0.1, -0.05) is 32.9 Å². The second-order valence-electron chi connectivity index (χ2n) is 3.98. The van der Waals surface area contributed by atoms with E-state index in [1.54, 1.807) is 0 Å². The van der Waals surface area contributed by atoms with Crippen LogP contribution in [0.4, 0.5) is 0 Å². The van der Waals surface area contributed by atoms with Crippen molar-refractivity contribution in [3.8, 4) is 0 Å². The van der Waals surface area contributed by atoms with E-state index in [0.717, 1.165) is 5.92 Å². The van der Waals surface area contributed by atoms with E-state index in [0.29, 0.717) is 5.41 Å². The van der Waals surface area contributed by atoms with E-state index in [2.05, 4.69) is 38.7 Å². The van der Waals surface area contributed by atoms with E-state index in [4.69, 9.17) is 0 Å². The first kappa shape index (κ1) is 10.7. The summed E-state index contributed by atoms with van der Waals surface area (Å²) in [5.74, 6) is 0.800. The molecule has 0 radical (unpaired) electrons. The Labute approximate surface area is 70.7 Å². The van der Waals surface area contributed by atoms with Gasteiger partial charge in [0.15, 0.2) is 0 Å². The van der Waals surface area contributed by atoms with Gasteiger partial charge in [0.05, 0.1) is 0 Å². The van der Waals surface area contributed by atoms with E-state index < -0.39 is 0 Å². The standard InChI is InChI=1S/C9H16.CH5N/c1-8-5-4-6-9(2,3)7-8;1-2/h4-5,8H,6-7H2,1-3H3;2H2,1H3. The van der Waals surface area contributed by atoms with E-state index in [1.165, 1.54) is 19.9 Å². The SMILES string of the molecule is CC1C=CCC(C)(C)C1.CN. The van der Waals surface area contributed by atoms with Crippen LogP contribution in [0.15, 0.2) is 12.2 Å². The molecule has 0 amide bonds. The minimum Gasteiger partial charge on any atom is -0.333 e. The molecular formula is C10H21N. The van der Waals surface area contributed by atoms with Gasteiger partial charge in [-0.05, 0) is 31.2 Å². The van der Waals surface area contributed by atoms with Crippen molar-refractivity contribution in [3.63, 3.8) is 0 Å². The molecule has 1 rings (SSSR count). The highest BCUT2D eigenvalue weighted by Gasteiger charge is 2.21. The second-order valence-corrected chi connectivity index (χ2v) is 3.98. The van der Waals surface area contributed by atoms with E-state index in [9.17, 15) is 0 Å². The van der Waals surface area contributed by atoms with Crippen LogP contribution in [0.25, 0.3) is 0 Å². The fourth-order valence-corrected chi connectivity index (χ4v) is 1.64. The molecule has 1 aliphatic carbocycles. The Bertz CT molecular complexity index is 125. The van der Waals surface area contributed by atoms with Crippen molar-refractivity contribution in [2.45, 2.75) is 33.6 Å². The lowest BCUT2D eigenvalue weighted by molar-refractivity contribution is 0.289. The van der Waals surface area contributed by atoms with Crippen molar-refractivity contribution in [1.29, 1.82) is 0 Å². The summed E-state index contributed by atoms with van der Waals surface area (Å²) >= 11 is 0. The molecule has 0 aromatic heterocycles. The van der Waals surface area contributed by atoms with E-state index in [-0.39, 0.29) is 0 Å². The quantitative estimate of drug-likeness (QED) is 0.535. The van der Waals surface area contributed by atoms with Crippen molar-refractivity contribution in [3.05, 3.63) is 12.2 Å². The van der Waals surface area contributed by atoms with Crippen LogP contribution >= 0.6 is 0 Å². The molecule has 0 heterocycles. The summed E-state index contributed by atoms with van der Waals surface area (Å²) in [7, 11) is 1.50. The van der Waals surface area contributed by atoms with E-state index >= 15 is 0 Å². The Hall–Kier alpha value is -0.300. The van der Waals surface area contributed by atoms with Gasteiger partial charge in [-0.2, -0.15) is 0 Å². The summed E-state index contributed by atoms with van der Waals surface area (Å²) in [4.78, 5) is 0. The van der Waals surface area contributed by atoms with Gasteiger partial charge in [0, 0.05) is 0 Å². The Kier molecular flexibility index (Phi) is 4.43. The van der Waals surface area contributed by atoms with Crippen LogP contribution in [0.3, 0.4) is 0 Å². The minimum absolute atomic E-state index is 0.564. The lowest BCUT2D eigenvalue weighted by atomic mass is 9.77. The third-order valence-corrected chi connectivity index (χ3v) is 2.01. The van der Waals surface area contributed by atoms with Crippen molar-refractivity contribution in [2.75, 3.05) is 7.05 Å². The molecule has 0 bridgehead atoms. The van der Waals surface area contributed by atoms with Crippen molar-refractivity contribution < 1.29 is 0 Å². The molecule has 0 aromatic rings. The zero-order valence-electron chi connectivity index (χ0n) is 8.22. The van der Waals surface area contributed by atoms with Crippen LogP contribution in [-0.2, 0) is 0 Å². The van der Waals surface area contributed by atoms with Crippen molar-refractivity contribution in [1.82, 2.24) is 0 Å². The molecule has 0 spiro atoms. The topological polar surface area (TPSA) is 26.0 Å². The van der Waals surface area contributed by atoms with Gasteiger partial charge in [0.2, 0.25) is 0 Å². The molecule has 11 heavy (non-hydrogen) atoms. The highest BCUT2D eigenvalue weighted by molar-refractivity contribution is 4.97. The largest absolute Gasteiger partial charge is 0.333 e. The molecule has 1 unspecified atom stereocenters. The Morgan fingerprint density at radius 2 is 1.91 bits per heavy atom. The number of hydrogen-bond acceptors (Lipinski definition) is 1.